The maximum Gasteiger partial charge on any atom is 0.119 e. The van der Waals surface area contributed by atoms with Crippen LogP contribution in [0, 0.1) is 0 Å². The molecule has 0 atom stereocenters. The highest BCUT2D eigenvalue weighted by molar-refractivity contribution is 5.59. The van der Waals surface area contributed by atoms with Crippen molar-refractivity contribution in [2.75, 3.05) is 6.61 Å². The molecule has 0 radical (unpaired) electrons. The van der Waals surface area contributed by atoms with Gasteiger partial charge >= 0.3 is 0 Å². The second kappa shape index (κ2) is 6.80. The minimum Gasteiger partial charge on any atom is -0.494 e. The van der Waals surface area contributed by atoms with Gasteiger partial charge < -0.3 is 4.74 Å². The summed E-state index contributed by atoms with van der Waals surface area (Å²) in [6.45, 7) is 3.00. The van der Waals surface area contributed by atoms with Gasteiger partial charge in [0.25, 0.3) is 0 Å². The van der Waals surface area contributed by atoms with Crippen LogP contribution in [-0.2, 0) is 0 Å². The van der Waals surface area contributed by atoms with Crippen LogP contribution >= 0.6 is 0 Å². The molecule has 1 aromatic carbocycles. The van der Waals surface area contributed by atoms with Gasteiger partial charge in [0.05, 0.1) is 12.3 Å². The zero-order valence-corrected chi connectivity index (χ0v) is 10.8. The lowest BCUT2D eigenvalue weighted by Crippen LogP contribution is -1.96. The van der Waals surface area contributed by atoms with Crippen LogP contribution in [0.4, 0.5) is 0 Å². The molecule has 2 nitrogen and oxygen atoms in total. The Morgan fingerprint density at radius 1 is 1.00 bits per heavy atom. The van der Waals surface area contributed by atoms with Gasteiger partial charge in [0.1, 0.15) is 5.75 Å². The van der Waals surface area contributed by atoms with Crippen LogP contribution in [-0.4, -0.2) is 11.6 Å². The van der Waals surface area contributed by atoms with Crippen LogP contribution in [0.3, 0.4) is 0 Å². The van der Waals surface area contributed by atoms with Crippen molar-refractivity contribution in [1.82, 2.24) is 4.98 Å². The number of hydrogen-bond acceptors (Lipinski definition) is 2. The van der Waals surface area contributed by atoms with Gasteiger partial charge in [-0.2, -0.15) is 0 Å². The Bertz CT molecular complexity index is 450. The number of unbranched alkanes of at least 4 members (excludes halogenated alkanes) is 2. The molecule has 0 bridgehead atoms. The van der Waals surface area contributed by atoms with Crippen LogP contribution in [0.15, 0.2) is 48.7 Å². The van der Waals surface area contributed by atoms with Gasteiger partial charge in [0.15, 0.2) is 0 Å². The fourth-order valence-corrected chi connectivity index (χ4v) is 1.80. The SMILES string of the molecule is CCCCCOc1ccc(-c2ccccn2)cc1. The minimum absolute atomic E-state index is 0.802. The molecular weight excluding hydrogens is 222 g/mol. The summed E-state index contributed by atoms with van der Waals surface area (Å²) in [5.74, 6) is 0.936. The summed E-state index contributed by atoms with van der Waals surface area (Å²) in [4.78, 5) is 4.32. The van der Waals surface area contributed by atoms with Crippen molar-refractivity contribution in [2.45, 2.75) is 26.2 Å². The molecule has 0 saturated heterocycles. The molecule has 0 amide bonds. The molecule has 0 N–H and O–H groups in total. The molecule has 0 aliphatic carbocycles. The third-order valence-corrected chi connectivity index (χ3v) is 2.83. The van der Waals surface area contributed by atoms with E-state index in [2.05, 4.69) is 24.0 Å². The molecule has 0 saturated carbocycles. The number of benzene rings is 1. The van der Waals surface area contributed by atoms with Gasteiger partial charge in [0, 0.05) is 11.8 Å². The maximum atomic E-state index is 5.68. The monoisotopic (exact) mass is 241 g/mol. The van der Waals surface area contributed by atoms with Crippen molar-refractivity contribution in [3.63, 3.8) is 0 Å². The number of ether oxygens (including phenoxy) is 1. The van der Waals surface area contributed by atoms with E-state index in [-0.39, 0.29) is 0 Å². The van der Waals surface area contributed by atoms with Crippen LogP contribution in [0.25, 0.3) is 11.3 Å². The van der Waals surface area contributed by atoms with Gasteiger partial charge in [-0.05, 0) is 42.8 Å². The van der Waals surface area contributed by atoms with Crippen LogP contribution in [0.5, 0.6) is 5.75 Å². The molecule has 0 aliphatic heterocycles. The molecule has 1 heterocycles. The van der Waals surface area contributed by atoms with Crippen molar-refractivity contribution in [1.29, 1.82) is 0 Å². The highest BCUT2D eigenvalue weighted by Crippen LogP contribution is 2.20. The van der Waals surface area contributed by atoms with Crippen molar-refractivity contribution in [3.8, 4) is 17.0 Å². The van der Waals surface area contributed by atoms with E-state index in [1.165, 1.54) is 12.8 Å². The fourth-order valence-electron chi connectivity index (χ4n) is 1.80. The quantitative estimate of drug-likeness (QED) is 0.703. The smallest absolute Gasteiger partial charge is 0.119 e. The zero-order chi connectivity index (χ0) is 12.6. The summed E-state index contributed by atoms with van der Waals surface area (Å²) in [5, 5.41) is 0. The standard InChI is InChI=1S/C16H19NO/c1-2-3-6-13-18-15-10-8-14(9-11-15)16-7-4-5-12-17-16/h4-5,7-12H,2-3,6,13H2,1H3. The normalized spacial score (nSPS) is 10.3. The molecule has 0 spiro atoms. The molecule has 2 rings (SSSR count). The second-order valence-corrected chi connectivity index (χ2v) is 4.29. The maximum absolute atomic E-state index is 5.68. The average molecular weight is 241 g/mol. The largest absolute Gasteiger partial charge is 0.494 e. The average Bonchev–Trinajstić information content (AvgIpc) is 2.45. The molecule has 0 unspecified atom stereocenters. The van der Waals surface area contributed by atoms with E-state index in [1.807, 2.05) is 36.5 Å². The molecule has 2 aromatic rings. The van der Waals surface area contributed by atoms with Crippen molar-refractivity contribution >= 4 is 0 Å². The lowest BCUT2D eigenvalue weighted by atomic mass is 10.1. The number of rotatable bonds is 6. The predicted molar refractivity (Wildman–Crippen MR) is 74.7 cm³/mol. The fraction of sp³-hybridized carbons (Fsp3) is 0.312. The Morgan fingerprint density at radius 3 is 2.50 bits per heavy atom. The third-order valence-electron chi connectivity index (χ3n) is 2.83. The summed E-state index contributed by atoms with van der Waals surface area (Å²) < 4.78 is 5.68. The van der Waals surface area contributed by atoms with Crippen LogP contribution < -0.4 is 4.74 Å². The summed E-state index contributed by atoms with van der Waals surface area (Å²) in [7, 11) is 0. The zero-order valence-electron chi connectivity index (χ0n) is 10.8. The first-order valence-electron chi connectivity index (χ1n) is 6.54. The summed E-state index contributed by atoms with van der Waals surface area (Å²) >= 11 is 0. The van der Waals surface area contributed by atoms with E-state index in [1.54, 1.807) is 0 Å². The van der Waals surface area contributed by atoms with Gasteiger partial charge in [-0.1, -0.05) is 25.8 Å². The Hall–Kier alpha value is -1.83. The molecule has 1 aromatic heterocycles. The van der Waals surface area contributed by atoms with Crippen molar-refractivity contribution in [2.24, 2.45) is 0 Å². The van der Waals surface area contributed by atoms with Gasteiger partial charge in [0.2, 0.25) is 0 Å². The van der Waals surface area contributed by atoms with E-state index in [0.717, 1.165) is 30.0 Å². The number of nitrogens with zero attached hydrogens (tertiary/aromatic N) is 1. The van der Waals surface area contributed by atoms with Crippen LogP contribution in [0.1, 0.15) is 26.2 Å². The van der Waals surface area contributed by atoms with E-state index in [0.29, 0.717) is 0 Å². The molecular formula is C16H19NO. The Balaban J connectivity index is 1.94. The predicted octanol–water partition coefficient (Wildman–Crippen LogP) is 4.32. The van der Waals surface area contributed by atoms with Gasteiger partial charge in [-0.15, -0.1) is 0 Å². The van der Waals surface area contributed by atoms with E-state index in [4.69, 9.17) is 4.74 Å². The first kappa shape index (κ1) is 12.6. The van der Waals surface area contributed by atoms with E-state index in [9.17, 15) is 0 Å². The molecule has 0 fully saturated rings. The first-order chi connectivity index (χ1) is 8.90. The Morgan fingerprint density at radius 2 is 1.83 bits per heavy atom. The lowest BCUT2D eigenvalue weighted by molar-refractivity contribution is 0.306. The highest BCUT2D eigenvalue weighted by Gasteiger charge is 1.99. The van der Waals surface area contributed by atoms with E-state index >= 15 is 0 Å². The topological polar surface area (TPSA) is 22.1 Å². The van der Waals surface area contributed by atoms with E-state index < -0.39 is 0 Å². The van der Waals surface area contributed by atoms with Gasteiger partial charge in [-0.25, -0.2) is 0 Å². The van der Waals surface area contributed by atoms with Gasteiger partial charge in [-0.3, -0.25) is 4.98 Å². The second-order valence-electron chi connectivity index (χ2n) is 4.29. The first-order valence-corrected chi connectivity index (χ1v) is 6.54. The molecule has 18 heavy (non-hydrogen) atoms. The number of hydrogen-bond donors (Lipinski definition) is 0. The Labute approximate surface area is 109 Å². The number of aromatic nitrogens is 1. The minimum atomic E-state index is 0.802. The van der Waals surface area contributed by atoms with Crippen molar-refractivity contribution < 1.29 is 4.74 Å². The molecule has 94 valence electrons. The molecule has 2 heteroatoms. The van der Waals surface area contributed by atoms with Crippen LogP contribution in [0.2, 0.25) is 0 Å². The molecule has 0 aliphatic rings. The Kier molecular flexibility index (Phi) is 4.77. The summed E-state index contributed by atoms with van der Waals surface area (Å²) in [6, 6.07) is 14.1. The lowest BCUT2D eigenvalue weighted by Gasteiger charge is -2.06. The summed E-state index contributed by atoms with van der Waals surface area (Å²) in [6.07, 6.45) is 5.39. The highest BCUT2D eigenvalue weighted by atomic mass is 16.5. The van der Waals surface area contributed by atoms with Crippen molar-refractivity contribution in [3.05, 3.63) is 48.7 Å². The third kappa shape index (κ3) is 3.59. The number of pyridine rings is 1. The summed E-state index contributed by atoms with van der Waals surface area (Å²) in [5.41, 5.74) is 2.12.